The summed E-state index contributed by atoms with van der Waals surface area (Å²) in [6.07, 6.45) is 3.11. The minimum Gasteiger partial charge on any atom is -0.441 e. The quantitative estimate of drug-likeness (QED) is 0.876. The average molecular weight is 274 g/mol. The number of fused-ring (bicyclic) bond motifs is 1. The molecular formula is C16H22N2O2. The highest BCUT2D eigenvalue weighted by Crippen LogP contribution is 2.31. The predicted octanol–water partition coefficient (Wildman–Crippen LogP) is 3.55. The summed E-state index contributed by atoms with van der Waals surface area (Å²) in [6, 6.07) is 6.12. The number of aryl methyl sites for hydroxylation is 1. The van der Waals surface area contributed by atoms with Crippen molar-refractivity contribution in [2.24, 2.45) is 0 Å². The van der Waals surface area contributed by atoms with Crippen LogP contribution in [0, 0.1) is 6.92 Å². The molecule has 0 saturated heterocycles. The number of hydrogen-bond donors (Lipinski definition) is 1. The van der Waals surface area contributed by atoms with Crippen molar-refractivity contribution < 1.29 is 9.21 Å². The standard InChI is InChI=1S/C16H22N2O2/c1-4-6-13(9-10-17-11(2)19)14-7-5-8-15-16(14)20-12(3)18-15/h5,7-8,13H,4,6,9-10H2,1-3H3,(H,17,19)/t13-/m0/s1. The highest BCUT2D eigenvalue weighted by atomic mass is 16.3. The van der Waals surface area contributed by atoms with E-state index in [9.17, 15) is 4.79 Å². The van der Waals surface area contributed by atoms with Crippen LogP contribution in [0.4, 0.5) is 0 Å². The van der Waals surface area contributed by atoms with E-state index >= 15 is 0 Å². The third-order valence-corrected chi connectivity index (χ3v) is 3.50. The number of amides is 1. The Morgan fingerprint density at radius 1 is 1.40 bits per heavy atom. The molecule has 1 atom stereocenters. The highest BCUT2D eigenvalue weighted by molar-refractivity contribution is 5.77. The molecule has 2 rings (SSSR count). The van der Waals surface area contributed by atoms with Crippen LogP contribution in [0.5, 0.6) is 0 Å². The van der Waals surface area contributed by atoms with Gasteiger partial charge in [-0.25, -0.2) is 4.98 Å². The minimum atomic E-state index is 0.0222. The normalized spacial score (nSPS) is 12.6. The van der Waals surface area contributed by atoms with E-state index in [-0.39, 0.29) is 5.91 Å². The van der Waals surface area contributed by atoms with Gasteiger partial charge in [-0.05, 0) is 24.8 Å². The molecular weight excluding hydrogens is 252 g/mol. The molecule has 0 saturated carbocycles. The lowest BCUT2D eigenvalue weighted by Crippen LogP contribution is -2.22. The fraction of sp³-hybridized carbons (Fsp3) is 0.500. The first-order valence-corrected chi connectivity index (χ1v) is 7.22. The minimum absolute atomic E-state index is 0.0222. The summed E-state index contributed by atoms with van der Waals surface area (Å²) < 4.78 is 5.76. The maximum atomic E-state index is 11.0. The predicted molar refractivity (Wildman–Crippen MR) is 79.7 cm³/mol. The summed E-state index contributed by atoms with van der Waals surface area (Å²) in [5.74, 6) is 1.11. The molecule has 0 unspecified atom stereocenters. The largest absolute Gasteiger partial charge is 0.441 e. The fourth-order valence-corrected chi connectivity index (χ4v) is 2.63. The zero-order chi connectivity index (χ0) is 14.5. The molecule has 0 aliphatic heterocycles. The summed E-state index contributed by atoms with van der Waals surface area (Å²) in [5.41, 5.74) is 3.02. The van der Waals surface area contributed by atoms with E-state index in [2.05, 4.69) is 23.3 Å². The molecule has 2 aromatic rings. The van der Waals surface area contributed by atoms with Crippen LogP contribution < -0.4 is 5.32 Å². The second-order valence-corrected chi connectivity index (χ2v) is 5.19. The van der Waals surface area contributed by atoms with Crippen LogP contribution >= 0.6 is 0 Å². The average Bonchev–Trinajstić information content (AvgIpc) is 2.77. The Labute approximate surface area is 119 Å². The fourth-order valence-electron chi connectivity index (χ4n) is 2.63. The molecule has 1 heterocycles. The Morgan fingerprint density at radius 3 is 2.90 bits per heavy atom. The molecule has 0 aliphatic carbocycles. The maximum Gasteiger partial charge on any atom is 0.216 e. The molecule has 108 valence electrons. The van der Waals surface area contributed by atoms with E-state index in [1.54, 1.807) is 6.92 Å². The van der Waals surface area contributed by atoms with Gasteiger partial charge in [-0.15, -0.1) is 0 Å². The van der Waals surface area contributed by atoms with Gasteiger partial charge in [-0.3, -0.25) is 4.79 Å². The Morgan fingerprint density at radius 2 is 2.20 bits per heavy atom. The zero-order valence-corrected chi connectivity index (χ0v) is 12.4. The van der Waals surface area contributed by atoms with Crippen molar-refractivity contribution in [2.45, 2.75) is 46.0 Å². The SMILES string of the molecule is CCC[C@@H](CCNC(C)=O)c1cccc2nc(C)oc12. The lowest BCUT2D eigenvalue weighted by molar-refractivity contribution is -0.118. The molecule has 0 fully saturated rings. The lowest BCUT2D eigenvalue weighted by atomic mass is 9.91. The third-order valence-electron chi connectivity index (χ3n) is 3.50. The van der Waals surface area contributed by atoms with Crippen molar-refractivity contribution in [3.05, 3.63) is 29.7 Å². The summed E-state index contributed by atoms with van der Waals surface area (Å²) >= 11 is 0. The number of carbonyl (C=O) groups is 1. The number of nitrogens with zero attached hydrogens (tertiary/aromatic N) is 1. The van der Waals surface area contributed by atoms with Gasteiger partial charge in [-0.2, -0.15) is 0 Å². The van der Waals surface area contributed by atoms with Crippen molar-refractivity contribution in [3.8, 4) is 0 Å². The van der Waals surface area contributed by atoms with Gasteiger partial charge >= 0.3 is 0 Å². The van der Waals surface area contributed by atoms with E-state index < -0.39 is 0 Å². The molecule has 0 spiro atoms. The number of benzene rings is 1. The summed E-state index contributed by atoms with van der Waals surface area (Å²) in [4.78, 5) is 15.4. The number of nitrogens with one attached hydrogen (secondary N) is 1. The number of para-hydroxylation sites is 1. The van der Waals surface area contributed by atoms with Crippen molar-refractivity contribution in [2.75, 3.05) is 6.54 Å². The number of hydrogen-bond acceptors (Lipinski definition) is 3. The van der Waals surface area contributed by atoms with Crippen LogP contribution in [0.15, 0.2) is 22.6 Å². The van der Waals surface area contributed by atoms with Crippen LogP contribution in [-0.4, -0.2) is 17.4 Å². The first-order chi connectivity index (χ1) is 9.61. The van der Waals surface area contributed by atoms with E-state index in [1.807, 2.05) is 19.1 Å². The van der Waals surface area contributed by atoms with E-state index in [0.717, 1.165) is 30.4 Å². The molecule has 4 heteroatoms. The van der Waals surface area contributed by atoms with Crippen LogP contribution in [0.2, 0.25) is 0 Å². The van der Waals surface area contributed by atoms with Crippen molar-refractivity contribution in [1.29, 1.82) is 0 Å². The second kappa shape index (κ2) is 6.55. The Balaban J connectivity index is 2.23. The monoisotopic (exact) mass is 274 g/mol. The van der Waals surface area contributed by atoms with E-state index in [1.165, 1.54) is 5.56 Å². The molecule has 0 bridgehead atoms. The second-order valence-electron chi connectivity index (χ2n) is 5.19. The number of oxazole rings is 1. The Hall–Kier alpha value is -1.84. The molecule has 0 aliphatic rings. The molecule has 1 aromatic carbocycles. The van der Waals surface area contributed by atoms with E-state index in [0.29, 0.717) is 18.4 Å². The molecule has 20 heavy (non-hydrogen) atoms. The van der Waals surface area contributed by atoms with Crippen LogP contribution in [0.3, 0.4) is 0 Å². The van der Waals surface area contributed by atoms with Gasteiger partial charge in [0.2, 0.25) is 5.91 Å². The molecule has 1 N–H and O–H groups in total. The number of rotatable bonds is 6. The molecule has 1 aromatic heterocycles. The van der Waals surface area contributed by atoms with Crippen molar-refractivity contribution in [3.63, 3.8) is 0 Å². The summed E-state index contributed by atoms with van der Waals surface area (Å²) in [7, 11) is 0. The van der Waals surface area contributed by atoms with Crippen LogP contribution in [0.1, 0.15) is 50.5 Å². The van der Waals surface area contributed by atoms with Crippen molar-refractivity contribution in [1.82, 2.24) is 10.3 Å². The van der Waals surface area contributed by atoms with Gasteiger partial charge in [0, 0.05) is 26.0 Å². The maximum absolute atomic E-state index is 11.0. The van der Waals surface area contributed by atoms with Crippen LogP contribution in [-0.2, 0) is 4.79 Å². The van der Waals surface area contributed by atoms with Crippen LogP contribution in [0.25, 0.3) is 11.1 Å². The van der Waals surface area contributed by atoms with Gasteiger partial charge < -0.3 is 9.73 Å². The van der Waals surface area contributed by atoms with Gasteiger partial charge in [0.15, 0.2) is 11.5 Å². The summed E-state index contributed by atoms with van der Waals surface area (Å²) in [6.45, 7) is 6.30. The zero-order valence-electron chi connectivity index (χ0n) is 12.4. The first-order valence-electron chi connectivity index (χ1n) is 7.22. The Bertz CT molecular complexity index is 589. The lowest BCUT2D eigenvalue weighted by Gasteiger charge is -2.16. The first kappa shape index (κ1) is 14.6. The smallest absolute Gasteiger partial charge is 0.216 e. The third kappa shape index (κ3) is 3.38. The number of carbonyl (C=O) groups excluding carboxylic acids is 1. The summed E-state index contributed by atoms with van der Waals surface area (Å²) in [5, 5.41) is 2.87. The molecule has 1 amide bonds. The van der Waals surface area contributed by atoms with Gasteiger partial charge in [-0.1, -0.05) is 25.5 Å². The van der Waals surface area contributed by atoms with Gasteiger partial charge in [0.25, 0.3) is 0 Å². The van der Waals surface area contributed by atoms with Gasteiger partial charge in [0.1, 0.15) is 5.52 Å². The topological polar surface area (TPSA) is 55.1 Å². The van der Waals surface area contributed by atoms with Crippen molar-refractivity contribution >= 4 is 17.0 Å². The Kier molecular flexibility index (Phi) is 4.77. The van der Waals surface area contributed by atoms with Gasteiger partial charge in [0.05, 0.1) is 0 Å². The van der Waals surface area contributed by atoms with E-state index in [4.69, 9.17) is 4.42 Å². The highest BCUT2D eigenvalue weighted by Gasteiger charge is 2.17. The molecule has 4 nitrogen and oxygen atoms in total. The molecule has 0 radical (unpaired) electrons. The number of aromatic nitrogens is 1.